The number of ether oxygens (including phenoxy) is 2. The Labute approximate surface area is 141 Å². The minimum absolute atomic E-state index is 0.0986. The summed E-state index contributed by atoms with van der Waals surface area (Å²) >= 11 is 0. The summed E-state index contributed by atoms with van der Waals surface area (Å²) in [5.74, 6) is 0.180. The highest BCUT2D eigenvalue weighted by Crippen LogP contribution is 2.31. The maximum absolute atomic E-state index is 12.7. The van der Waals surface area contributed by atoms with Crippen molar-refractivity contribution in [3.05, 3.63) is 62.7 Å². The van der Waals surface area contributed by atoms with Crippen molar-refractivity contribution in [2.45, 2.75) is 0 Å². The minimum atomic E-state index is -0.511. The Morgan fingerprint density at radius 2 is 1.68 bits per heavy atom. The zero-order valence-corrected chi connectivity index (χ0v) is 13.5. The maximum atomic E-state index is 12.7. The molecule has 1 amide bonds. The Kier molecular flexibility index (Phi) is 4.25. The first kappa shape index (κ1) is 16.3. The Hall–Kier alpha value is -3.55. The lowest BCUT2D eigenvalue weighted by Crippen LogP contribution is -2.21. The number of para-hydroxylation sites is 1. The molecule has 25 heavy (non-hydrogen) atoms. The van der Waals surface area contributed by atoms with E-state index in [1.165, 1.54) is 20.3 Å². The van der Waals surface area contributed by atoms with Gasteiger partial charge in [-0.05, 0) is 24.3 Å². The number of aromatic nitrogens is 2. The van der Waals surface area contributed by atoms with Crippen LogP contribution in [0.15, 0.2) is 46.0 Å². The summed E-state index contributed by atoms with van der Waals surface area (Å²) in [6.07, 6.45) is 0. The zero-order chi connectivity index (χ0) is 18.0. The summed E-state index contributed by atoms with van der Waals surface area (Å²) in [7, 11) is 2.90. The van der Waals surface area contributed by atoms with Crippen molar-refractivity contribution in [3.63, 3.8) is 0 Å². The van der Waals surface area contributed by atoms with Crippen LogP contribution < -0.4 is 25.9 Å². The van der Waals surface area contributed by atoms with Gasteiger partial charge in [0.2, 0.25) is 0 Å². The van der Waals surface area contributed by atoms with Crippen LogP contribution in [0.3, 0.4) is 0 Å². The normalized spacial score (nSPS) is 10.5. The van der Waals surface area contributed by atoms with Crippen molar-refractivity contribution in [3.8, 4) is 11.5 Å². The molecule has 0 radical (unpaired) electrons. The van der Waals surface area contributed by atoms with Crippen LogP contribution in [-0.2, 0) is 0 Å². The maximum Gasteiger partial charge on any atom is 0.272 e. The van der Waals surface area contributed by atoms with Crippen LogP contribution in [0.1, 0.15) is 10.4 Å². The van der Waals surface area contributed by atoms with Crippen LogP contribution in [0, 0.1) is 0 Å². The van der Waals surface area contributed by atoms with Gasteiger partial charge in [-0.1, -0.05) is 12.1 Å². The molecule has 2 aromatic carbocycles. The predicted molar refractivity (Wildman–Crippen MR) is 92.7 cm³/mol. The van der Waals surface area contributed by atoms with Crippen LogP contribution in [0.25, 0.3) is 10.8 Å². The number of amides is 1. The van der Waals surface area contributed by atoms with Crippen molar-refractivity contribution in [1.82, 2.24) is 10.2 Å². The van der Waals surface area contributed by atoms with Crippen molar-refractivity contribution in [1.29, 1.82) is 0 Å². The summed E-state index contributed by atoms with van der Waals surface area (Å²) in [6, 6.07) is 9.51. The van der Waals surface area contributed by atoms with Gasteiger partial charge in [0, 0.05) is 0 Å². The lowest BCUT2D eigenvalue weighted by molar-refractivity contribution is 0.102. The van der Waals surface area contributed by atoms with E-state index in [2.05, 4.69) is 15.5 Å². The van der Waals surface area contributed by atoms with E-state index in [1.54, 1.807) is 30.3 Å². The van der Waals surface area contributed by atoms with Crippen LogP contribution in [0.2, 0.25) is 0 Å². The molecule has 128 valence electrons. The van der Waals surface area contributed by atoms with Gasteiger partial charge >= 0.3 is 0 Å². The van der Waals surface area contributed by atoms with E-state index in [1.807, 2.05) is 0 Å². The monoisotopic (exact) mass is 341 g/mol. The highest BCUT2D eigenvalue weighted by Gasteiger charge is 2.18. The molecule has 0 aliphatic heterocycles. The van der Waals surface area contributed by atoms with Crippen molar-refractivity contribution in [2.75, 3.05) is 19.5 Å². The van der Waals surface area contributed by atoms with Gasteiger partial charge in [-0.25, -0.2) is 0 Å². The topological polar surface area (TPSA) is 113 Å². The first-order valence-corrected chi connectivity index (χ1v) is 7.33. The quantitative estimate of drug-likeness (QED) is 0.665. The molecule has 8 heteroatoms. The highest BCUT2D eigenvalue weighted by molar-refractivity contribution is 6.10. The first-order valence-electron chi connectivity index (χ1n) is 7.33. The lowest BCUT2D eigenvalue weighted by Gasteiger charge is -2.13. The molecule has 0 aliphatic rings. The molecule has 0 unspecified atom stereocenters. The van der Waals surface area contributed by atoms with Crippen LogP contribution >= 0.6 is 0 Å². The summed E-state index contributed by atoms with van der Waals surface area (Å²) in [4.78, 5) is 36.6. The molecule has 1 heterocycles. The van der Waals surface area contributed by atoms with Crippen molar-refractivity contribution in [2.24, 2.45) is 0 Å². The smallest absolute Gasteiger partial charge is 0.272 e. The van der Waals surface area contributed by atoms with Gasteiger partial charge in [0.25, 0.3) is 17.0 Å². The number of carbonyl (C=O) groups is 1. The molecule has 3 N–H and O–H groups in total. The second-order valence-corrected chi connectivity index (χ2v) is 5.13. The second-order valence-electron chi connectivity index (χ2n) is 5.13. The van der Waals surface area contributed by atoms with E-state index in [9.17, 15) is 14.4 Å². The van der Waals surface area contributed by atoms with Gasteiger partial charge in [-0.15, -0.1) is 0 Å². The van der Waals surface area contributed by atoms with E-state index in [4.69, 9.17) is 9.47 Å². The highest BCUT2D eigenvalue weighted by atomic mass is 16.5. The third-order valence-corrected chi connectivity index (χ3v) is 3.72. The van der Waals surface area contributed by atoms with Gasteiger partial charge < -0.3 is 14.8 Å². The lowest BCUT2D eigenvalue weighted by atomic mass is 10.1. The number of aromatic amines is 2. The molecule has 0 bridgehead atoms. The number of fused-ring (bicyclic) bond motifs is 1. The number of methoxy groups -OCH3 is 2. The van der Waals surface area contributed by atoms with E-state index >= 15 is 0 Å². The fourth-order valence-electron chi connectivity index (χ4n) is 2.59. The Morgan fingerprint density at radius 1 is 0.960 bits per heavy atom. The van der Waals surface area contributed by atoms with Crippen molar-refractivity contribution >= 4 is 22.4 Å². The van der Waals surface area contributed by atoms with E-state index in [0.717, 1.165) is 0 Å². The number of hydrogen-bond donors (Lipinski definition) is 3. The average Bonchev–Trinajstić information content (AvgIpc) is 2.64. The fourth-order valence-corrected chi connectivity index (χ4v) is 2.59. The number of nitrogens with one attached hydrogen (secondary N) is 3. The Bertz CT molecular complexity index is 1070. The molecule has 8 nitrogen and oxygen atoms in total. The molecule has 1 aromatic heterocycles. The Balaban J connectivity index is 2.09. The molecule has 3 rings (SSSR count). The largest absolute Gasteiger partial charge is 0.493 e. The van der Waals surface area contributed by atoms with Crippen LogP contribution in [0.5, 0.6) is 11.5 Å². The average molecular weight is 341 g/mol. The zero-order valence-electron chi connectivity index (χ0n) is 13.5. The van der Waals surface area contributed by atoms with Gasteiger partial charge in [0.1, 0.15) is 0 Å². The molecular formula is C17H15N3O5. The summed E-state index contributed by atoms with van der Waals surface area (Å²) in [5, 5.41) is 7.42. The number of carbonyl (C=O) groups excluding carboxylic acids is 1. The first-order chi connectivity index (χ1) is 12.1. The van der Waals surface area contributed by atoms with Gasteiger partial charge in [-0.3, -0.25) is 24.6 Å². The van der Waals surface area contributed by atoms with Gasteiger partial charge in [-0.2, -0.15) is 0 Å². The van der Waals surface area contributed by atoms with Gasteiger partial charge in [0.15, 0.2) is 11.5 Å². The van der Waals surface area contributed by atoms with E-state index < -0.39 is 17.0 Å². The van der Waals surface area contributed by atoms with E-state index in [-0.39, 0.29) is 27.8 Å². The number of benzene rings is 2. The van der Waals surface area contributed by atoms with E-state index in [0.29, 0.717) is 5.75 Å². The molecule has 0 spiro atoms. The number of anilines is 1. The third-order valence-electron chi connectivity index (χ3n) is 3.72. The molecular weight excluding hydrogens is 326 g/mol. The standard InChI is InChI=1S/C17H15N3O5/c1-24-12-8-4-6-10(14(12)25-2)15(21)18-11-7-3-5-9-13(11)17(23)20-19-16(9)22/h3-8H,1-2H3,(H,18,21)(H,19,22)(H,20,23). The summed E-state index contributed by atoms with van der Waals surface area (Å²) < 4.78 is 10.4. The predicted octanol–water partition coefficient (Wildman–Crippen LogP) is 1.49. The SMILES string of the molecule is COc1cccc(C(=O)Nc2cccc3c(=O)[nH][nH]c(=O)c23)c1OC. The number of hydrogen-bond acceptors (Lipinski definition) is 5. The molecule has 0 aliphatic carbocycles. The molecule has 0 saturated heterocycles. The van der Waals surface area contributed by atoms with Crippen molar-refractivity contribution < 1.29 is 14.3 Å². The molecule has 0 fully saturated rings. The Morgan fingerprint density at radius 3 is 2.40 bits per heavy atom. The minimum Gasteiger partial charge on any atom is -0.493 e. The third kappa shape index (κ3) is 2.85. The van der Waals surface area contributed by atoms with Crippen LogP contribution in [0.4, 0.5) is 5.69 Å². The summed E-state index contributed by atoms with van der Waals surface area (Å²) in [6.45, 7) is 0. The molecule has 0 saturated carbocycles. The van der Waals surface area contributed by atoms with Crippen LogP contribution in [-0.4, -0.2) is 30.3 Å². The van der Waals surface area contributed by atoms with Gasteiger partial charge in [0.05, 0.1) is 36.2 Å². The second kappa shape index (κ2) is 6.52. The molecule has 0 atom stereocenters. The fraction of sp³-hybridized carbons (Fsp3) is 0.118. The number of H-pyrrole nitrogens is 2. The number of rotatable bonds is 4. The molecule has 3 aromatic rings. The summed E-state index contributed by atoms with van der Waals surface area (Å²) in [5.41, 5.74) is -0.507.